The van der Waals surface area contributed by atoms with Gasteiger partial charge in [0.05, 0.1) is 20.8 Å². The Bertz CT molecular complexity index is 374. The van der Waals surface area contributed by atoms with Crippen molar-refractivity contribution in [2.45, 2.75) is 18.3 Å². The second-order valence-electron chi connectivity index (χ2n) is 4.13. The van der Waals surface area contributed by atoms with Gasteiger partial charge in [0.25, 0.3) is 0 Å². The lowest BCUT2D eigenvalue weighted by molar-refractivity contribution is 0.254. The molecule has 0 spiro atoms. The largest absolute Gasteiger partial charge is 0.495 e. The maximum atomic E-state index is 9.41. The fourth-order valence-corrected chi connectivity index (χ4v) is 2.42. The molecule has 1 aliphatic carbocycles. The van der Waals surface area contributed by atoms with Gasteiger partial charge in [-0.15, -0.1) is 0 Å². The summed E-state index contributed by atoms with van der Waals surface area (Å²) >= 11 is 3.43. The van der Waals surface area contributed by atoms with Gasteiger partial charge in [0.1, 0.15) is 16.0 Å². The van der Waals surface area contributed by atoms with Crippen LogP contribution in [0.1, 0.15) is 18.4 Å². The fourth-order valence-electron chi connectivity index (χ4n) is 1.86. The molecule has 0 aliphatic heterocycles. The van der Waals surface area contributed by atoms with E-state index in [1.807, 2.05) is 12.1 Å². The molecule has 88 valence electrons. The molecular formula is C12H15BrO3. The van der Waals surface area contributed by atoms with Gasteiger partial charge in [-0.3, -0.25) is 0 Å². The van der Waals surface area contributed by atoms with E-state index >= 15 is 0 Å². The summed E-state index contributed by atoms with van der Waals surface area (Å²) in [5.74, 6) is 1.49. The molecule has 1 aromatic carbocycles. The Morgan fingerprint density at radius 3 is 2.06 bits per heavy atom. The van der Waals surface area contributed by atoms with Crippen molar-refractivity contribution >= 4 is 15.9 Å². The predicted molar refractivity (Wildman–Crippen MR) is 65.2 cm³/mol. The zero-order valence-corrected chi connectivity index (χ0v) is 11.0. The van der Waals surface area contributed by atoms with Crippen LogP contribution in [0.5, 0.6) is 11.5 Å². The van der Waals surface area contributed by atoms with Crippen molar-refractivity contribution in [1.82, 2.24) is 0 Å². The highest BCUT2D eigenvalue weighted by molar-refractivity contribution is 9.10. The summed E-state index contributed by atoms with van der Waals surface area (Å²) in [6.45, 7) is 0.181. The van der Waals surface area contributed by atoms with E-state index in [4.69, 9.17) is 9.47 Å². The summed E-state index contributed by atoms with van der Waals surface area (Å²) in [5, 5.41) is 9.41. The van der Waals surface area contributed by atoms with Crippen LogP contribution in [0, 0.1) is 0 Å². The van der Waals surface area contributed by atoms with Gasteiger partial charge in [0.15, 0.2) is 0 Å². The van der Waals surface area contributed by atoms with Crippen LogP contribution in [0.2, 0.25) is 0 Å². The van der Waals surface area contributed by atoms with E-state index in [0.717, 1.165) is 34.4 Å². The molecule has 2 rings (SSSR count). The highest BCUT2D eigenvalue weighted by Gasteiger charge is 2.44. The molecule has 0 unspecified atom stereocenters. The highest BCUT2D eigenvalue weighted by atomic mass is 79.9. The van der Waals surface area contributed by atoms with Crippen molar-refractivity contribution in [2.24, 2.45) is 0 Å². The van der Waals surface area contributed by atoms with Crippen LogP contribution in [-0.4, -0.2) is 25.9 Å². The Morgan fingerprint density at radius 2 is 1.75 bits per heavy atom. The Hall–Kier alpha value is -0.740. The van der Waals surface area contributed by atoms with Crippen LogP contribution in [0.15, 0.2) is 16.6 Å². The van der Waals surface area contributed by atoms with Gasteiger partial charge in [0, 0.05) is 5.41 Å². The average Bonchev–Trinajstić information content (AvgIpc) is 3.10. The summed E-state index contributed by atoms with van der Waals surface area (Å²) in [4.78, 5) is 0. The number of benzene rings is 1. The molecule has 1 N–H and O–H groups in total. The number of aliphatic hydroxyl groups excluding tert-OH is 1. The summed E-state index contributed by atoms with van der Waals surface area (Å²) in [6, 6.07) is 3.94. The van der Waals surface area contributed by atoms with Crippen molar-refractivity contribution in [1.29, 1.82) is 0 Å². The van der Waals surface area contributed by atoms with Crippen LogP contribution in [0.25, 0.3) is 0 Å². The lowest BCUT2D eigenvalue weighted by Gasteiger charge is -2.16. The molecule has 0 atom stereocenters. The normalized spacial score (nSPS) is 17.0. The molecule has 0 heterocycles. The van der Waals surface area contributed by atoms with E-state index in [1.54, 1.807) is 14.2 Å². The van der Waals surface area contributed by atoms with Gasteiger partial charge in [-0.2, -0.15) is 0 Å². The number of rotatable bonds is 4. The van der Waals surface area contributed by atoms with Gasteiger partial charge in [-0.25, -0.2) is 0 Å². The number of hydrogen-bond acceptors (Lipinski definition) is 3. The highest BCUT2D eigenvalue weighted by Crippen LogP contribution is 2.50. The van der Waals surface area contributed by atoms with Crippen molar-refractivity contribution in [3.05, 3.63) is 22.2 Å². The summed E-state index contributed by atoms with van der Waals surface area (Å²) in [6.07, 6.45) is 2.05. The van der Waals surface area contributed by atoms with Crippen LogP contribution in [0.4, 0.5) is 0 Å². The maximum Gasteiger partial charge on any atom is 0.137 e. The second-order valence-corrected chi connectivity index (χ2v) is 4.93. The van der Waals surface area contributed by atoms with E-state index < -0.39 is 0 Å². The third-order valence-electron chi connectivity index (χ3n) is 3.21. The Balaban J connectivity index is 2.47. The standard InChI is InChI=1S/C12H15BrO3/c1-15-9-5-8(12(7-14)3-4-12)6-10(16-2)11(9)13/h5-6,14H,3-4,7H2,1-2H3. The number of halogens is 1. The van der Waals surface area contributed by atoms with Gasteiger partial charge in [-0.05, 0) is 46.5 Å². The zero-order valence-electron chi connectivity index (χ0n) is 9.42. The minimum atomic E-state index is -0.0682. The third-order valence-corrected chi connectivity index (χ3v) is 4.00. The van der Waals surface area contributed by atoms with Gasteiger partial charge in [0.2, 0.25) is 0 Å². The van der Waals surface area contributed by atoms with Crippen molar-refractivity contribution in [3.8, 4) is 11.5 Å². The summed E-state index contributed by atoms with van der Waals surface area (Å²) in [7, 11) is 3.25. The predicted octanol–water partition coefficient (Wildman–Crippen LogP) is 2.49. The molecule has 4 heteroatoms. The molecule has 0 saturated heterocycles. The first-order valence-electron chi connectivity index (χ1n) is 5.20. The molecule has 1 aliphatic rings. The lowest BCUT2D eigenvalue weighted by atomic mass is 9.96. The Kier molecular flexibility index (Phi) is 3.13. The minimum absolute atomic E-state index is 0.0682. The van der Waals surface area contributed by atoms with E-state index in [2.05, 4.69) is 15.9 Å². The van der Waals surface area contributed by atoms with Gasteiger partial charge < -0.3 is 14.6 Å². The van der Waals surface area contributed by atoms with Gasteiger partial charge >= 0.3 is 0 Å². The molecular weight excluding hydrogens is 272 g/mol. The maximum absolute atomic E-state index is 9.41. The van der Waals surface area contributed by atoms with Crippen molar-refractivity contribution < 1.29 is 14.6 Å². The number of ether oxygens (including phenoxy) is 2. The number of aliphatic hydroxyl groups is 1. The zero-order chi connectivity index (χ0) is 11.8. The van der Waals surface area contributed by atoms with Gasteiger partial charge in [-0.1, -0.05) is 0 Å². The SMILES string of the molecule is COc1cc(C2(CO)CC2)cc(OC)c1Br. The molecule has 1 fully saturated rings. The second kappa shape index (κ2) is 4.26. The average molecular weight is 287 g/mol. The lowest BCUT2D eigenvalue weighted by Crippen LogP contribution is -2.12. The summed E-state index contributed by atoms with van der Waals surface area (Å²) < 4.78 is 11.4. The monoisotopic (exact) mass is 286 g/mol. The topological polar surface area (TPSA) is 38.7 Å². The van der Waals surface area contributed by atoms with Crippen molar-refractivity contribution in [3.63, 3.8) is 0 Å². The number of methoxy groups -OCH3 is 2. The number of hydrogen-bond donors (Lipinski definition) is 1. The van der Waals surface area contributed by atoms with E-state index in [0.29, 0.717) is 0 Å². The molecule has 1 aromatic rings. The van der Waals surface area contributed by atoms with Crippen LogP contribution in [0.3, 0.4) is 0 Å². The molecule has 0 bridgehead atoms. The third kappa shape index (κ3) is 1.80. The molecule has 0 amide bonds. The van der Waals surface area contributed by atoms with Crippen LogP contribution >= 0.6 is 15.9 Å². The van der Waals surface area contributed by atoms with E-state index in [1.165, 1.54) is 0 Å². The van der Waals surface area contributed by atoms with Crippen LogP contribution < -0.4 is 9.47 Å². The molecule has 0 radical (unpaired) electrons. The molecule has 3 nitrogen and oxygen atoms in total. The smallest absolute Gasteiger partial charge is 0.137 e. The fraction of sp³-hybridized carbons (Fsp3) is 0.500. The summed E-state index contributed by atoms with van der Waals surface area (Å²) in [5.41, 5.74) is 1.02. The first kappa shape index (κ1) is 11.7. The quantitative estimate of drug-likeness (QED) is 0.924. The minimum Gasteiger partial charge on any atom is -0.495 e. The Morgan fingerprint density at radius 1 is 1.25 bits per heavy atom. The van der Waals surface area contributed by atoms with Crippen LogP contribution in [-0.2, 0) is 5.41 Å². The molecule has 1 saturated carbocycles. The Labute approximate surface area is 104 Å². The first-order valence-corrected chi connectivity index (χ1v) is 5.99. The van der Waals surface area contributed by atoms with E-state index in [9.17, 15) is 5.11 Å². The first-order chi connectivity index (χ1) is 7.66. The molecule has 0 aromatic heterocycles. The van der Waals surface area contributed by atoms with E-state index in [-0.39, 0.29) is 12.0 Å². The molecule has 16 heavy (non-hydrogen) atoms. The van der Waals surface area contributed by atoms with Crippen molar-refractivity contribution in [2.75, 3.05) is 20.8 Å².